The fourth-order valence-electron chi connectivity index (χ4n) is 2.02. The summed E-state index contributed by atoms with van der Waals surface area (Å²) in [6, 6.07) is -1.25. The smallest absolute Gasteiger partial charge is 0.330 e. The third-order valence-corrected chi connectivity index (χ3v) is 3.15. The van der Waals surface area contributed by atoms with E-state index in [0.717, 1.165) is 0 Å². The van der Waals surface area contributed by atoms with E-state index >= 15 is 0 Å². The molecule has 5 atom stereocenters. The molecule has 0 saturated carbocycles. The fourth-order valence-corrected chi connectivity index (χ4v) is 2.02. The first-order valence-corrected chi connectivity index (χ1v) is 5.75. The molecule has 0 aromatic carbocycles. The molecule has 1 saturated heterocycles. The third kappa shape index (κ3) is 2.39. The maximum Gasteiger partial charge on any atom is 0.330 e. The molecule has 1 fully saturated rings. The number of nitrogens with two attached hydrogens (primary N) is 1. The molecular weight excluding hydrogens is 277 g/mol. The quantitative estimate of drug-likeness (QED) is 0.381. The van der Waals surface area contributed by atoms with Gasteiger partial charge in [0.15, 0.2) is 6.23 Å². The lowest BCUT2D eigenvalue weighted by molar-refractivity contribution is -0.211. The van der Waals surface area contributed by atoms with Gasteiger partial charge in [0, 0.05) is 0 Å². The molecule has 0 radical (unpaired) electrons. The van der Waals surface area contributed by atoms with Crippen molar-refractivity contribution in [3.05, 3.63) is 32.9 Å². The number of aromatic amines is 1. The van der Waals surface area contributed by atoms with Gasteiger partial charge in [-0.3, -0.25) is 14.3 Å². The Morgan fingerprint density at radius 1 is 1.40 bits per heavy atom. The van der Waals surface area contributed by atoms with Gasteiger partial charge in [-0.15, -0.1) is 0 Å². The van der Waals surface area contributed by atoms with Crippen LogP contribution in [0.1, 0.15) is 6.23 Å². The van der Waals surface area contributed by atoms with Crippen molar-refractivity contribution in [3.8, 4) is 0 Å². The average molecular weight is 291 g/mol. The molecule has 0 amide bonds. The summed E-state index contributed by atoms with van der Waals surface area (Å²) >= 11 is 0. The second-order valence-corrected chi connectivity index (χ2v) is 4.45. The lowest BCUT2D eigenvalue weighted by Crippen LogP contribution is -2.61. The molecule has 10 heteroatoms. The van der Waals surface area contributed by atoms with E-state index in [1.54, 1.807) is 4.98 Å². The van der Waals surface area contributed by atoms with E-state index in [2.05, 4.69) is 0 Å². The first kappa shape index (κ1) is 14.8. The van der Waals surface area contributed by atoms with Crippen LogP contribution in [0.25, 0.3) is 0 Å². The van der Waals surface area contributed by atoms with Crippen molar-refractivity contribution in [1.82, 2.24) is 9.55 Å². The number of halogens is 1. The number of aliphatic hydroxyl groups is 3. The minimum atomic E-state index is -1.49. The highest BCUT2D eigenvalue weighted by molar-refractivity contribution is 4.96. The van der Waals surface area contributed by atoms with Crippen molar-refractivity contribution < 1.29 is 24.4 Å². The van der Waals surface area contributed by atoms with Crippen LogP contribution >= 0.6 is 0 Å². The van der Waals surface area contributed by atoms with Crippen LogP contribution in [0.3, 0.4) is 0 Å². The van der Waals surface area contributed by atoms with Crippen molar-refractivity contribution in [2.75, 3.05) is 6.61 Å². The third-order valence-electron chi connectivity index (χ3n) is 3.15. The van der Waals surface area contributed by atoms with Crippen LogP contribution in [0.2, 0.25) is 0 Å². The Balaban J connectivity index is 2.44. The van der Waals surface area contributed by atoms with Gasteiger partial charge in [0.1, 0.15) is 18.3 Å². The van der Waals surface area contributed by atoms with Gasteiger partial charge in [0.2, 0.25) is 5.82 Å². The SMILES string of the molecule is NC1C(O)C(O)C(CO)OC1n1cc(F)c(=O)[nH]c1=O. The van der Waals surface area contributed by atoms with Gasteiger partial charge in [0.05, 0.1) is 18.8 Å². The van der Waals surface area contributed by atoms with Crippen LogP contribution in [0.15, 0.2) is 15.8 Å². The molecule has 1 aliphatic heterocycles. The Morgan fingerprint density at radius 2 is 2.05 bits per heavy atom. The van der Waals surface area contributed by atoms with Crippen molar-refractivity contribution in [2.45, 2.75) is 30.6 Å². The van der Waals surface area contributed by atoms with E-state index in [1.807, 2.05) is 0 Å². The predicted octanol–water partition coefficient (Wildman–Crippen LogP) is -3.39. The highest BCUT2D eigenvalue weighted by atomic mass is 19.1. The number of hydrogen-bond donors (Lipinski definition) is 5. The maximum absolute atomic E-state index is 13.2. The number of rotatable bonds is 2. The molecule has 1 aliphatic rings. The number of hydrogen-bond acceptors (Lipinski definition) is 7. The summed E-state index contributed by atoms with van der Waals surface area (Å²) in [5, 5.41) is 28.4. The van der Waals surface area contributed by atoms with Crippen molar-refractivity contribution in [1.29, 1.82) is 0 Å². The summed E-state index contributed by atoms with van der Waals surface area (Å²) in [6.07, 6.45) is -4.90. The molecule has 2 rings (SSSR count). The topological polar surface area (TPSA) is 151 Å². The molecule has 0 spiro atoms. The Labute approximate surface area is 111 Å². The molecule has 0 bridgehead atoms. The van der Waals surface area contributed by atoms with Gasteiger partial charge in [0.25, 0.3) is 5.56 Å². The molecule has 5 unspecified atom stereocenters. The van der Waals surface area contributed by atoms with E-state index in [9.17, 15) is 24.2 Å². The zero-order chi connectivity index (χ0) is 15.0. The first-order chi connectivity index (χ1) is 9.36. The minimum absolute atomic E-state index is 0.588. The Hall–Kier alpha value is -1.59. The normalized spacial score (nSPS) is 34.1. The molecule has 112 valence electrons. The zero-order valence-corrected chi connectivity index (χ0v) is 10.1. The highest BCUT2D eigenvalue weighted by Gasteiger charge is 2.43. The average Bonchev–Trinajstić information content (AvgIpc) is 2.41. The van der Waals surface area contributed by atoms with Crippen LogP contribution in [0, 0.1) is 5.82 Å². The summed E-state index contributed by atoms with van der Waals surface area (Å²) < 4.78 is 19.1. The van der Waals surface area contributed by atoms with E-state index in [1.165, 1.54) is 0 Å². The number of aliphatic hydroxyl groups excluding tert-OH is 3. The van der Waals surface area contributed by atoms with E-state index < -0.39 is 54.3 Å². The number of nitrogens with one attached hydrogen (secondary N) is 1. The molecule has 0 aliphatic carbocycles. The van der Waals surface area contributed by atoms with Crippen molar-refractivity contribution in [3.63, 3.8) is 0 Å². The van der Waals surface area contributed by atoms with E-state index in [0.29, 0.717) is 10.8 Å². The number of nitrogens with zero attached hydrogens (tertiary/aromatic N) is 1. The van der Waals surface area contributed by atoms with Crippen LogP contribution < -0.4 is 17.0 Å². The molecular formula is C10H14FN3O6. The van der Waals surface area contributed by atoms with Gasteiger partial charge in [-0.2, -0.15) is 4.39 Å². The van der Waals surface area contributed by atoms with Crippen LogP contribution in [-0.4, -0.2) is 55.8 Å². The number of H-pyrrole nitrogens is 1. The van der Waals surface area contributed by atoms with E-state index in [4.69, 9.17) is 15.6 Å². The fraction of sp³-hybridized carbons (Fsp3) is 0.600. The molecule has 6 N–H and O–H groups in total. The molecule has 1 aromatic rings. The number of ether oxygens (including phenoxy) is 1. The van der Waals surface area contributed by atoms with E-state index in [-0.39, 0.29) is 0 Å². The predicted molar refractivity (Wildman–Crippen MR) is 62.3 cm³/mol. The zero-order valence-electron chi connectivity index (χ0n) is 10.1. The maximum atomic E-state index is 13.2. The minimum Gasteiger partial charge on any atom is -0.394 e. The summed E-state index contributed by atoms with van der Waals surface area (Å²) in [4.78, 5) is 24.3. The van der Waals surface area contributed by atoms with Gasteiger partial charge in [-0.05, 0) is 0 Å². The van der Waals surface area contributed by atoms with Gasteiger partial charge in [-0.1, -0.05) is 0 Å². The number of aromatic nitrogens is 2. The van der Waals surface area contributed by atoms with Crippen molar-refractivity contribution in [2.24, 2.45) is 5.73 Å². The van der Waals surface area contributed by atoms with Gasteiger partial charge < -0.3 is 25.8 Å². The molecule has 1 aromatic heterocycles. The monoisotopic (exact) mass is 291 g/mol. The first-order valence-electron chi connectivity index (χ1n) is 5.75. The lowest BCUT2D eigenvalue weighted by atomic mass is 9.97. The van der Waals surface area contributed by atoms with Gasteiger partial charge in [-0.25, -0.2) is 4.79 Å². The molecule has 20 heavy (non-hydrogen) atoms. The lowest BCUT2D eigenvalue weighted by Gasteiger charge is -2.41. The summed E-state index contributed by atoms with van der Waals surface area (Å²) in [5.41, 5.74) is 3.44. The molecule has 2 heterocycles. The van der Waals surface area contributed by atoms with Crippen LogP contribution in [0.4, 0.5) is 4.39 Å². The largest absolute Gasteiger partial charge is 0.394 e. The Kier molecular flexibility index (Phi) is 4.01. The van der Waals surface area contributed by atoms with Crippen LogP contribution in [-0.2, 0) is 4.74 Å². The molecule has 9 nitrogen and oxygen atoms in total. The second-order valence-electron chi connectivity index (χ2n) is 4.45. The Morgan fingerprint density at radius 3 is 2.65 bits per heavy atom. The summed E-state index contributed by atoms with van der Waals surface area (Å²) in [7, 11) is 0. The summed E-state index contributed by atoms with van der Waals surface area (Å²) in [6.45, 7) is -0.637. The Bertz CT molecular complexity index is 599. The standard InChI is InChI=1S/C10H14FN3O6/c11-3-1-14(10(19)13-8(3)18)9-5(12)7(17)6(16)4(2-15)20-9/h1,4-7,9,15-17H,2,12H2,(H,13,18,19). The van der Waals surface area contributed by atoms with Crippen molar-refractivity contribution >= 4 is 0 Å². The van der Waals surface area contributed by atoms with Gasteiger partial charge >= 0.3 is 5.69 Å². The summed E-state index contributed by atoms with van der Waals surface area (Å²) in [5.74, 6) is -1.23. The highest BCUT2D eigenvalue weighted by Crippen LogP contribution is 2.25. The van der Waals surface area contributed by atoms with Crippen LogP contribution in [0.5, 0.6) is 0 Å². The second kappa shape index (κ2) is 5.42.